The molecule has 4 rings (SSSR count). The number of nitrogens with zero attached hydrogens (tertiary/aromatic N) is 1. The van der Waals surface area contributed by atoms with Crippen molar-refractivity contribution >= 4 is 15.7 Å². The highest BCUT2D eigenvalue weighted by molar-refractivity contribution is 7.91. The molecule has 1 aromatic heterocycles. The molecule has 1 aliphatic rings. The van der Waals surface area contributed by atoms with Gasteiger partial charge in [0, 0.05) is 6.54 Å². The van der Waals surface area contributed by atoms with Crippen LogP contribution in [0, 0.1) is 6.92 Å². The lowest BCUT2D eigenvalue weighted by atomic mass is 10.0. The zero-order valence-electron chi connectivity index (χ0n) is 18.2. The van der Waals surface area contributed by atoms with Crippen LogP contribution in [-0.2, 0) is 9.84 Å². The monoisotopic (exact) mass is 452 g/mol. The maximum Gasteiger partial charge on any atom is 0.287 e. The molecule has 7 heteroatoms. The van der Waals surface area contributed by atoms with Crippen LogP contribution < -0.4 is 5.32 Å². The number of piperidine rings is 1. The molecule has 6 nitrogen and oxygen atoms in total. The quantitative estimate of drug-likeness (QED) is 0.576. The number of hydrogen-bond acceptors (Lipinski definition) is 5. The molecule has 0 radical (unpaired) electrons. The third kappa shape index (κ3) is 4.95. The van der Waals surface area contributed by atoms with Crippen molar-refractivity contribution in [2.24, 2.45) is 0 Å². The van der Waals surface area contributed by atoms with Gasteiger partial charge in [-0.25, -0.2) is 8.42 Å². The van der Waals surface area contributed by atoms with E-state index in [1.807, 2.05) is 25.1 Å². The molecule has 2 heterocycles. The Morgan fingerprint density at radius 1 is 0.969 bits per heavy atom. The first-order valence-corrected chi connectivity index (χ1v) is 12.4. The number of likely N-dealkylation sites (tertiary alicyclic amines) is 1. The summed E-state index contributed by atoms with van der Waals surface area (Å²) in [5.74, 6) is -0.436. The molecule has 1 unspecified atom stereocenters. The Morgan fingerprint density at radius 3 is 2.34 bits per heavy atom. The zero-order valence-corrected chi connectivity index (χ0v) is 19.0. The van der Waals surface area contributed by atoms with E-state index in [2.05, 4.69) is 22.3 Å². The molecule has 0 bridgehead atoms. The summed E-state index contributed by atoms with van der Waals surface area (Å²) in [4.78, 5) is 15.3. The summed E-state index contributed by atoms with van der Waals surface area (Å²) in [6, 6.07) is 19.5. The van der Waals surface area contributed by atoms with Crippen molar-refractivity contribution in [2.45, 2.75) is 42.2 Å². The van der Waals surface area contributed by atoms with Crippen molar-refractivity contribution < 1.29 is 17.6 Å². The number of sulfone groups is 1. The van der Waals surface area contributed by atoms with E-state index in [4.69, 9.17) is 4.42 Å². The normalized spacial score (nSPS) is 15.9. The maximum absolute atomic E-state index is 12.8. The van der Waals surface area contributed by atoms with Gasteiger partial charge >= 0.3 is 0 Å². The Morgan fingerprint density at radius 2 is 1.66 bits per heavy atom. The average Bonchev–Trinajstić information content (AvgIpc) is 3.32. The summed E-state index contributed by atoms with van der Waals surface area (Å²) in [7, 11) is -3.81. The largest absolute Gasteiger partial charge is 0.439 e. The summed E-state index contributed by atoms with van der Waals surface area (Å²) in [6.07, 6.45) is 3.53. The van der Waals surface area contributed by atoms with Gasteiger partial charge in [-0.2, -0.15) is 0 Å². The number of furan rings is 1. The van der Waals surface area contributed by atoms with Crippen LogP contribution >= 0.6 is 0 Å². The van der Waals surface area contributed by atoms with Gasteiger partial charge in [-0.05, 0) is 62.7 Å². The molecular weight excluding hydrogens is 424 g/mol. The molecule has 1 aliphatic heterocycles. The van der Waals surface area contributed by atoms with Crippen LogP contribution in [0.25, 0.3) is 0 Å². The van der Waals surface area contributed by atoms with Gasteiger partial charge in [0.1, 0.15) is 0 Å². The number of hydrogen-bond donors (Lipinski definition) is 1. The van der Waals surface area contributed by atoms with Crippen molar-refractivity contribution in [1.29, 1.82) is 0 Å². The second-order valence-electron chi connectivity index (χ2n) is 8.17. The zero-order chi connectivity index (χ0) is 22.6. The van der Waals surface area contributed by atoms with Crippen LogP contribution in [0.1, 0.15) is 47.0 Å². The summed E-state index contributed by atoms with van der Waals surface area (Å²) >= 11 is 0. The molecule has 3 aromatic rings. The summed E-state index contributed by atoms with van der Waals surface area (Å²) in [5.41, 5.74) is 2.11. The number of carbonyl (C=O) groups excluding carboxylic acids is 1. The molecule has 1 atom stereocenters. The van der Waals surface area contributed by atoms with E-state index in [0.29, 0.717) is 6.54 Å². The third-order valence-corrected chi connectivity index (χ3v) is 7.51. The first-order valence-electron chi connectivity index (χ1n) is 10.9. The van der Waals surface area contributed by atoms with Gasteiger partial charge in [0.15, 0.2) is 5.76 Å². The minimum absolute atomic E-state index is 0.0128. The van der Waals surface area contributed by atoms with E-state index in [-0.39, 0.29) is 21.8 Å². The van der Waals surface area contributed by atoms with Crippen LogP contribution in [0.15, 0.2) is 81.1 Å². The lowest BCUT2D eigenvalue weighted by molar-refractivity contribution is 0.0892. The van der Waals surface area contributed by atoms with E-state index >= 15 is 0 Å². The molecule has 1 N–H and O–H groups in total. The maximum atomic E-state index is 12.8. The summed E-state index contributed by atoms with van der Waals surface area (Å²) < 4.78 is 31.1. The molecule has 32 heavy (non-hydrogen) atoms. The van der Waals surface area contributed by atoms with Crippen LogP contribution in [0.5, 0.6) is 0 Å². The van der Waals surface area contributed by atoms with E-state index in [9.17, 15) is 13.2 Å². The molecule has 1 fully saturated rings. The van der Waals surface area contributed by atoms with Gasteiger partial charge in [0.05, 0.1) is 10.9 Å². The molecule has 168 valence electrons. The fraction of sp³-hybridized carbons (Fsp3) is 0.320. The van der Waals surface area contributed by atoms with E-state index in [1.54, 1.807) is 12.1 Å². The Labute approximate surface area is 189 Å². The highest BCUT2D eigenvalue weighted by Gasteiger charge is 2.26. The molecule has 0 saturated carbocycles. The number of amides is 1. The average molecular weight is 453 g/mol. The van der Waals surface area contributed by atoms with E-state index < -0.39 is 15.7 Å². The van der Waals surface area contributed by atoms with Crippen LogP contribution in [0.4, 0.5) is 0 Å². The van der Waals surface area contributed by atoms with Gasteiger partial charge < -0.3 is 9.73 Å². The molecule has 0 spiro atoms. The second kappa shape index (κ2) is 9.71. The number of rotatable bonds is 7. The summed E-state index contributed by atoms with van der Waals surface area (Å²) in [6.45, 7) is 4.30. The summed E-state index contributed by atoms with van der Waals surface area (Å²) in [5, 5.41) is 2.70. The van der Waals surface area contributed by atoms with Crippen molar-refractivity contribution in [3.63, 3.8) is 0 Å². The molecule has 1 amide bonds. The van der Waals surface area contributed by atoms with Crippen LogP contribution in [0.3, 0.4) is 0 Å². The van der Waals surface area contributed by atoms with Gasteiger partial charge in [-0.15, -0.1) is 0 Å². The predicted octanol–water partition coefficient (Wildman–Crippen LogP) is 4.38. The van der Waals surface area contributed by atoms with Gasteiger partial charge in [0.2, 0.25) is 14.9 Å². The number of nitrogens with one attached hydrogen (secondary N) is 1. The van der Waals surface area contributed by atoms with Gasteiger partial charge in [-0.1, -0.05) is 54.4 Å². The number of aryl methyl sites for hydroxylation is 1. The highest BCUT2D eigenvalue weighted by atomic mass is 32.2. The van der Waals surface area contributed by atoms with E-state index in [0.717, 1.165) is 37.1 Å². The minimum atomic E-state index is -3.81. The lowest BCUT2D eigenvalue weighted by Gasteiger charge is -2.35. The molecule has 0 aliphatic carbocycles. The Balaban J connectivity index is 1.47. The van der Waals surface area contributed by atoms with Crippen molar-refractivity contribution in [3.05, 3.63) is 83.6 Å². The first-order chi connectivity index (χ1) is 15.4. The first kappa shape index (κ1) is 22.3. The fourth-order valence-corrected chi connectivity index (χ4v) is 5.23. The standard InChI is InChI=1S/C25H28N2O4S/c1-19-10-12-21(13-11-19)32(29,30)24-15-14-23(31-24)25(28)26-18-22(20-8-4-2-5-9-20)27-16-6-3-7-17-27/h2,4-5,8-15,22H,3,6-7,16-18H2,1H3,(H,26,28). The minimum Gasteiger partial charge on any atom is -0.439 e. The lowest BCUT2D eigenvalue weighted by Crippen LogP contribution is -2.40. The van der Waals surface area contributed by atoms with Crippen molar-refractivity contribution in [2.75, 3.05) is 19.6 Å². The molecular formula is C25H28N2O4S. The number of benzene rings is 2. The Bertz CT molecular complexity index is 1150. The van der Waals surface area contributed by atoms with Crippen LogP contribution in [-0.4, -0.2) is 38.9 Å². The third-order valence-electron chi connectivity index (χ3n) is 5.87. The van der Waals surface area contributed by atoms with Gasteiger partial charge in [0.25, 0.3) is 5.91 Å². The van der Waals surface area contributed by atoms with Crippen molar-refractivity contribution in [1.82, 2.24) is 10.2 Å². The smallest absolute Gasteiger partial charge is 0.287 e. The number of carbonyl (C=O) groups is 1. The highest BCUT2D eigenvalue weighted by Crippen LogP contribution is 2.25. The molecule has 1 saturated heterocycles. The molecule has 2 aromatic carbocycles. The predicted molar refractivity (Wildman–Crippen MR) is 122 cm³/mol. The second-order valence-corrected chi connectivity index (χ2v) is 10.0. The SMILES string of the molecule is Cc1ccc(S(=O)(=O)c2ccc(C(=O)NCC(c3ccccc3)N3CCCCC3)o2)cc1. The van der Waals surface area contributed by atoms with Gasteiger partial charge in [-0.3, -0.25) is 9.69 Å². The topological polar surface area (TPSA) is 79.6 Å². The fourth-order valence-electron chi connectivity index (χ4n) is 4.06. The van der Waals surface area contributed by atoms with E-state index in [1.165, 1.54) is 30.7 Å². The Kier molecular flexibility index (Phi) is 6.77. The van der Waals surface area contributed by atoms with Crippen LogP contribution in [0.2, 0.25) is 0 Å². The van der Waals surface area contributed by atoms with Crippen molar-refractivity contribution in [3.8, 4) is 0 Å². The Hall–Kier alpha value is -2.90.